The third-order valence-electron chi connectivity index (χ3n) is 4.28. The first-order valence-electron chi connectivity index (χ1n) is 8.39. The number of benzene rings is 1. The van der Waals surface area contributed by atoms with Gasteiger partial charge in [-0.3, -0.25) is 0 Å². The zero-order valence-corrected chi connectivity index (χ0v) is 13.4. The Morgan fingerprint density at radius 3 is 2.74 bits per heavy atom. The predicted octanol–water partition coefficient (Wildman–Crippen LogP) is 0.454. The minimum Gasteiger partial charge on any atom is -0.455 e. The second kappa shape index (κ2) is 8.24. The fourth-order valence-corrected chi connectivity index (χ4v) is 2.94. The first kappa shape index (κ1) is 16.2. The lowest BCUT2D eigenvalue weighted by Gasteiger charge is -2.23. The molecule has 3 rings (SSSR count). The number of quaternary nitrogens is 2. The highest BCUT2D eigenvalue weighted by molar-refractivity contribution is 5.58. The second-order valence-corrected chi connectivity index (χ2v) is 5.99. The summed E-state index contributed by atoms with van der Waals surface area (Å²) < 4.78 is 24.9. The van der Waals surface area contributed by atoms with Gasteiger partial charge in [0.2, 0.25) is 0 Å². The molecule has 1 aromatic carbocycles. The predicted molar refractivity (Wildman–Crippen MR) is 85.6 cm³/mol. The summed E-state index contributed by atoms with van der Waals surface area (Å²) in [7, 11) is 0. The number of rotatable bonds is 7. The van der Waals surface area contributed by atoms with Crippen LogP contribution in [0.2, 0.25) is 0 Å². The van der Waals surface area contributed by atoms with Crippen LogP contribution in [0.15, 0.2) is 40.8 Å². The summed E-state index contributed by atoms with van der Waals surface area (Å²) in [4.78, 5) is 1.64. The van der Waals surface area contributed by atoms with E-state index >= 15 is 0 Å². The monoisotopic (exact) mass is 320 g/mol. The molecule has 2 aromatic rings. The van der Waals surface area contributed by atoms with E-state index in [1.54, 1.807) is 17.0 Å². The number of morpholine rings is 1. The maximum atomic E-state index is 13.7. The highest BCUT2D eigenvalue weighted by Gasteiger charge is 2.13. The molecule has 0 saturated carbocycles. The van der Waals surface area contributed by atoms with Gasteiger partial charge >= 0.3 is 0 Å². The van der Waals surface area contributed by atoms with Crippen molar-refractivity contribution in [3.05, 3.63) is 48.0 Å². The van der Waals surface area contributed by atoms with Crippen LogP contribution in [0.5, 0.6) is 0 Å². The van der Waals surface area contributed by atoms with Crippen molar-refractivity contribution < 1.29 is 23.8 Å². The lowest BCUT2D eigenvalue weighted by Crippen LogP contribution is -3.14. The van der Waals surface area contributed by atoms with Crippen molar-refractivity contribution in [1.29, 1.82) is 0 Å². The number of hydrogen-bond acceptors (Lipinski definition) is 2. The summed E-state index contributed by atoms with van der Waals surface area (Å²) in [6, 6.07) is 10.5. The van der Waals surface area contributed by atoms with Crippen LogP contribution in [-0.4, -0.2) is 39.4 Å². The SMILES string of the molecule is Fc1ccccc1-c1ccc(C[NH2+]CCC[NH+]2CCOCC2)o1. The van der Waals surface area contributed by atoms with Crippen LogP contribution in [-0.2, 0) is 11.3 Å². The smallest absolute Gasteiger partial charge is 0.158 e. The Labute approximate surface area is 136 Å². The summed E-state index contributed by atoms with van der Waals surface area (Å²) in [5, 5.41) is 2.25. The van der Waals surface area contributed by atoms with Gasteiger partial charge in [-0.05, 0) is 24.3 Å². The van der Waals surface area contributed by atoms with Crippen LogP contribution < -0.4 is 10.2 Å². The van der Waals surface area contributed by atoms with Gasteiger partial charge in [0.05, 0.1) is 31.9 Å². The van der Waals surface area contributed by atoms with Crippen LogP contribution in [0.25, 0.3) is 11.3 Å². The molecule has 1 fully saturated rings. The fourth-order valence-electron chi connectivity index (χ4n) is 2.94. The molecule has 23 heavy (non-hydrogen) atoms. The minimum atomic E-state index is -0.245. The molecule has 3 N–H and O–H groups in total. The van der Waals surface area contributed by atoms with Crippen molar-refractivity contribution in [3.63, 3.8) is 0 Å². The van der Waals surface area contributed by atoms with Crippen molar-refractivity contribution in [2.75, 3.05) is 39.4 Å². The van der Waals surface area contributed by atoms with E-state index in [4.69, 9.17) is 9.15 Å². The van der Waals surface area contributed by atoms with E-state index in [0.29, 0.717) is 11.3 Å². The molecule has 0 atom stereocenters. The largest absolute Gasteiger partial charge is 0.455 e. The van der Waals surface area contributed by atoms with E-state index in [-0.39, 0.29) is 5.82 Å². The maximum Gasteiger partial charge on any atom is 0.158 e. The molecule has 0 unspecified atom stereocenters. The maximum absolute atomic E-state index is 13.7. The number of furan rings is 1. The first-order chi connectivity index (χ1) is 11.3. The molecule has 5 heteroatoms. The van der Waals surface area contributed by atoms with Gasteiger partial charge in [0.1, 0.15) is 31.2 Å². The Morgan fingerprint density at radius 1 is 1.09 bits per heavy atom. The highest BCUT2D eigenvalue weighted by Crippen LogP contribution is 2.24. The number of ether oxygens (including phenoxy) is 1. The molecule has 1 aromatic heterocycles. The quantitative estimate of drug-likeness (QED) is 0.728. The summed E-state index contributed by atoms with van der Waals surface area (Å²) in [5.74, 6) is 1.25. The molecule has 1 saturated heterocycles. The molecular formula is C18H25FN2O2+2. The van der Waals surface area contributed by atoms with Gasteiger partial charge < -0.3 is 19.4 Å². The van der Waals surface area contributed by atoms with Gasteiger partial charge in [-0.2, -0.15) is 0 Å². The van der Waals surface area contributed by atoms with Crippen LogP contribution >= 0.6 is 0 Å². The summed E-state index contributed by atoms with van der Waals surface area (Å²) in [6.07, 6.45) is 1.19. The average Bonchev–Trinajstić information content (AvgIpc) is 3.04. The Kier molecular flexibility index (Phi) is 5.80. The van der Waals surface area contributed by atoms with Crippen LogP contribution in [0.1, 0.15) is 12.2 Å². The van der Waals surface area contributed by atoms with E-state index in [2.05, 4.69) is 5.32 Å². The fraction of sp³-hybridized carbons (Fsp3) is 0.444. The summed E-state index contributed by atoms with van der Waals surface area (Å²) >= 11 is 0. The third kappa shape index (κ3) is 4.64. The van der Waals surface area contributed by atoms with Gasteiger partial charge in [0.25, 0.3) is 0 Å². The molecule has 1 aliphatic rings. The van der Waals surface area contributed by atoms with E-state index in [9.17, 15) is 4.39 Å². The summed E-state index contributed by atoms with van der Waals surface area (Å²) in [5.41, 5.74) is 0.523. The molecule has 0 bridgehead atoms. The lowest BCUT2D eigenvalue weighted by atomic mass is 10.1. The number of nitrogens with two attached hydrogens (primary N) is 1. The van der Waals surface area contributed by atoms with Crippen LogP contribution in [0.4, 0.5) is 4.39 Å². The molecule has 0 aliphatic carbocycles. The third-order valence-corrected chi connectivity index (χ3v) is 4.28. The van der Waals surface area contributed by atoms with Crippen molar-refractivity contribution in [1.82, 2.24) is 0 Å². The Bertz CT molecular complexity index is 609. The highest BCUT2D eigenvalue weighted by atomic mass is 19.1. The molecule has 0 amide bonds. The van der Waals surface area contributed by atoms with Gasteiger partial charge in [-0.15, -0.1) is 0 Å². The van der Waals surface area contributed by atoms with Gasteiger partial charge in [-0.1, -0.05) is 12.1 Å². The second-order valence-electron chi connectivity index (χ2n) is 5.99. The Morgan fingerprint density at radius 2 is 1.91 bits per heavy atom. The molecule has 0 radical (unpaired) electrons. The Hall–Kier alpha value is -1.69. The normalized spacial score (nSPS) is 15.9. The van der Waals surface area contributed by atoms with Crippen LogP contribution in [0, 0.1) is 5.82 Å². The van der Waals surface area contributed by atoms with Gasteiger partial charge in [-0.25, -0.2) is 4.39 Å². The van der Waals surface area contributed by atoms with E-state index < -0.39 is 0 Å². The molecule has 2 heterocycles. The van der Waals surface area contributed by atoms with Crippen molar-refractivity contribution in [3.8, 4) is 11.3 Å². The number of hydrogen-bond donors (Lipinski definition) is 2. The molecule has 1 aliphatic heterocycles. The first-order valence-corrected chi connectivity index (χ1v) is 8.39. The summed E-state index contributed by atoms with van der Waals surface area (Å²) in [6.45, 7) is 7.13. The van der Waals surface area contributed by atoms with Crippen molar-refractivity contribution in [2.24, 2.45) is 0 Å². The zero-order valence-electron chi connectivity index (χ0n) is 13.4. The van der Waals surface area contributed by atoms with Crippen LogP contribution in [0.3, 0.4) is 0 Å². The minimum absolute atomic E-state index is 0.245. The van der Waals surface area contributed by atoms with Gasteiger partial charge in [0, 0.05) is 6.42 Å². The lowest BCUT2D eigenvalue weighted by molar-refractivity contribution is -0.909. The van der Waals surface area contributed by atoms with Crippen molar-refractivity contribution in [2.45, 2.75) is 13.0 Å². The topological polar surface area (TPSA) is 43.4 Å². The van der Waals surface area contributed by atoms with E-state index in [1.807, 2.05) is 18.2 Å². The zero-order chi connectivity index (χ0) is 15.9. The van der Waals surface area contributed by atoms with Gasteiger partial charge in [0.15, 0.2) is 5.76 Å². The number of nitrogens with one attached hydrogen (secondary N) is 1. The number of halogens is 1. The Balaban J connectivity index is 1.40. The molecule has 124 valence electrons. The van der Waals surface area contributed by atoms with E-state index in [1.165, 1.54) is 19.0 Å². The van der Waals surface area contributed by atoms with E-state index in [0.717, 1.165) is 45.2 Å². The average molecular weight is 320 g/mol. The molecular weight excluding hydrogens is 295 g/mol. The van der Waals surface area contributed by atoms with Crippen molar-refractivity contribution >= 4 is 0 Å². The standard InChI is InChI=1S/C18H23FN2O2/c19-17-5-2-1-4-16(17)18-7-6-15(23-18)14-20-8-3-9-21-10-12-22-13-11-21/h1-2,4-7,20H,3,8-14H2/p+2. The molecule has 0 spiro atoms. The molecule has 4 nitrogen and oxygen atoms in total.